The van der Waals surface area contributed by atoms with Crippen molar-refractivity contribution in [2.24, 2.45) is 0 Å². The molecule has 0 heterocycles. The Morgan fingerprint density at radius 3 is 2.25 bits per heavy atom. The van der Waals surface area contributed by atoms with Gasteiger partial charge in [-0.05, 0) is 22.2 Å². The molecule has 3 aromatic rings. The van der Waals surface area contributed by atoms with Gasteiger partial charge in [0.15, 0.2) is 0 Å². The molecule has 0 aliphatic heterocycles. The summed E-state index contributed by atoms with van der Waals surface area (Å²) < 4.78 is 0. The van der Waals surface area contributed by atoms with E-state index in [0.29, 0.717) is 16.2 Å². The van der Waals surface area contributed by atoms with Crippen LogP contribution in [0.4, 0.5) is 11.4 Å². The molecular weight excluding hydrogens is 260 g/mol. The van der Waals surface area contributed by atoms with Crippen molar-refractivity contribution in [1.82, 2.24) is 0 Å². The molecule has 3 aromatic carbocycles. The molecule has 3 rings (SSSR count). The van der Waals surface area contributed by atoms with E-state index in [4.69, 9.17) is 0 Å². The number of hydrogen-bond donors (Lipinski definition) is 0. The highest BCUT2D eigenvalue weighted by Crippen LogP contribution is 2.34. The van der Waals surface area contributed by atoms with Crippen molar-refractivity contribution in [2.75, 3.05) is 0 Å². The third-order valence-electron chi connectivity index (χ3n) is 3.23. The van der Waals surface area contributed by atoms with Crippen molar-refractivity contribution in [2.45, 2.75) is 0 Å². The molecule has 6 heteroatoms. The quantitative estimate of drug-likeness (QED) is 0.401. The van der Waals surface area contributed by atoms with Gasteiger partial charge in [-0.1, -0.05) is 24.3 Å². The zero-order valence-corrected chi connectivity index (χ0v) is 10.1. The van der Waals surface area contributed by atoms with E-state index >= 15 is 0 Å². The number of benzene rings is 3. The summed E-state index contributed by atoms with van der Waals surface area (Å²) in [7, 11) is 0. The normalized spacial score (nSPS) is 10.8. The van der Waals surface area contributed by atoms with E-state index in [1.165, 1.54) is 18.2 Å². The van der Waals surface area contributed by atoms with Gasteiger partial charge in [0.25, 0.3) is 11.4 Å². The zero-order chi connectivity index (χ0) is 14.3. The minimum Gasteiger partial charge on any atom is -0.258 e. The molecule has 0 radical (unpaired) electrons. The molecule has 0 aliphatic carbocycles. The largest absolute Gasteiger partial charge is 0.277 e. The Kier molecular flexibility index (Phi) is 2.57. The maximum absolute atomic E-state index is 11.1. The van der Waals surface area contributed by atoms with Crippen LogP contribution in [-0.2, 0) is 0 Å². The summed E-state index contributed by atoms with van der Waals surface area (Å²) >= 11 is 0. The first-order chi connectivity index (χ1) is 9.58. The number of fused-ring (bicyclic) bond motifs is 3. The van der Waals surface area contributed by atoms with E-state index in [1.807, 2.05) is 0 Å². The highest BCUT2D eigenvalue weighted by Gasteiger charge is 2.15. The Hall–Kier alpha value is -3.02. The number of nitro groups is 2. The van der Waals surface area contributed by atoms with Crippen LogP contribution in [0.1, 0.15) is 0 Å². The summed E-state index contributed by atoms with van der Waals surface area (Å²) in [5, 5.41) is 24.4. The molecule has 0 N–H and O–H groups in total. The van der Waals surface area contributed by atoms with Crippen LogP contribution < -0.4 is 0 Å². The van der Waals surface area contributed by atoms with Crippen LogP contribution >= 0.6 is 0 Å². The molecule has 6 nitrogen and oxygen atoms in total. The monoisotopic (exact) mass is 268 g/mol. The number of non-ortho nitro benzene ring substituents is 2. The van der Waals surface area contributed by atoms with E-state index in [0.717, 1.165) is 5.39 Å². The number of hydrogen-bond acceptors (Lipinski definition) is 4. The van der Waals surface area contributed by atoms with E-state index in [9.17, 15) is 20.2 Å². The molecule has 0 fully saturated rings. The zero-order valence-electron chi connectivity index (χ0n) is 10.1. The Morgan fingerprint density at radius 1 is 0.800 bits per heavy atom. The topological polar surface area (TPSA) is 86.3 Å². The highest BCUT2D eigenvalue weighted by atomic mass is 16.6. The van der Waals surface area contributed by atoms with Crippen molar-refractivity contribution in [3.05, 3.63) is 68.8 Å². The third-order valence-corrected chi connectivity index (χ3v) is 3.23. The van der Waals surface area contributed by atoms with Crippen molar-refractivity contribution in [3.63, 3.8) is 0 Å². The van der Waals surface area contributed by atoms with Crippen LogP contribution in [-0.4, -0.2) is 9.85 Å². The second-order valence-electron chi connectivity index (χ2n) is 4.36. The predicted octanol–water partition coefficient (Wildman–Crippen LogP) is 3.81. The molecule has 0 saturated heterocycles. The van der Waals surface area contributed by atoms with Crippen LogP contribution in [0.25, 0.3) is 21.5 Å². The summed E-state index contributed by atoms with van der Waals surface area (Å²) in [5.41, 5.74) is -0.0302. The lowest BCUT2D eigenvalue weighted by atomic mass is 10.0. The van der Waals surface area contributed by atoms with Gasteiger partial charge in [-0.2, -0.15) is 0 Å². The van der Waals surface area contributed by atoms with Crippen molar-refractivity contribution in [1.29, 1.82) is 0 Å². The molecule has 0 aromatic heterocycles. The van der Waals surface area contributed by atoms with Gasteiger partial charge >= 0.3 is 0 Å². The fourth-order valence-corrected chi connectivity index (χ4v) is 2.35. The minimum atomic E-state index is -0.483. The molecule has 0 atom stereocenters. The fourth-order valence-electron chi connectivity index (χ4n) is 2.35. The smallest absolute Gasteiger partial charge is 0.258 e. The lowest BCUT2D eigenvalue weighted by Gasteiger charge is -2.04. The highest BCUT2D eigenvalue weighted by molar-refractivity contribution is 6.12. The summed E-state index contributed by atoms with van der Waals surface area (Å²) in [6, 6.07) is 12.6. The van der Waals surface area contributed by atoms with Crippen LogP contribution in [0.15, 0.2) is 48.5 Å². The summed E-state index contributed by atoms with van der Waals surface area (Å²) in [6.07, 6.45) is 0. The molecular formula is C14H8N2O4. The van der Waals surface area contributed by atoms with E-state index < -0.39 is 9.85 Å². The van der Waals surface area contributed by atoms with Gasteiger partial charge < -0.3 is 0 Å². The number of rotatable bonds is 2. The molecule has 0 amide bonds. The van der Waals surface area contributed by atoms with Crippen LogP contribution in [0.5, 0.6) is 0 Å². The van der Waals surface area contributed by atoms with Gasteiger partial charge in [0.1, 0.15) is 0 Å². The maximum atomic E-state index is 11.1. The number of nitro benzene ring substituents is 2. The fraction of sp³-hybridized carbons (Fsp3) is 0. The van der Waals surface area contributed by atoms with Crippen molar-refractivity contribution in [3.8, 4) is 0 Å². The van der Waals surface area contributed by atoms with Gasteiger partial charge in [0, 0.05) is 18.2 Å². The predicted molar refractivity (Wildman–Crippen MR) is 74.8 cm³/mol. The molecule has 0 aliphatic rings. The molecule has 20 heavy (non-hydrogen) atoms. The Bertz CT molecular complexity index is 874. The molecule has 0 saturated carbocycles. The summed E-state index contributed by atoms with van der Waals surface area (Å²) in [6.45, 7) is 0. The van der Waals surface area contributed by atoms with E-state index in [2.05, 4.69) is 0 Å². The standard InChI is InChI=1S/C14H8N2O4/c17-15(18)11-6-7-12-10(8-11)5-4-9-2-1-3-13(14(9)12)16(19)20/h1-8H. The number of nitrogens with zero attached hydrogens (tertiary/aromatic N) is 2. The molecule has 98 valence electrons. The second-order valence-corrected chi connectivity index (χ2v) is 4.36. The van der Waals surface area contributed by atoms with Crippen LogP contribution in [0.2, 0.25) is 0 Å². The Labute approximate surface area is 112 Å². The van der Waals surface area contributed by atoms with Gasteiger partial charge in [-0.25, -0.2) is 0 Å². The minimum absolute atomic E-state index is 0.00181. The average molecular weight is 268 g/mol. The van der Waals surface area contributed by atoms with Crippen LogP contribution in [0, 0.1) is 20.2 Å². The first-order valence-electron chi connectivity index (χ1n) is 5.82. The Balaban J connectivity index is 2.46. The van der Waals surface area contributed by atoms with Gasteiger partial charge in [-0.15, -0.1) is 0 Å². The summed E-state index contributed by atoms with van der Waals surface area (Å²) in [5.74, 6) is 0. The van der Waals surface area contributed by atoms with Gasteiger partial charge in [0.05, 0.1) is 15.2 Å². The maximum Gasteiger partial charge on any atom is 0.277 e. The summed E-state index contributed by atoms with van der Waals surface area (Å²) in [4.78, 5) is 21.0. The lowest BCUT2D eigenvalue weighted by molar-refractivity contribution is -0.384. The van der Waals surface area contributed by atoms with Crippen LogP contribution in [0.3, 0.4) is 0 Å². The molecule has 0 unspecified atom stereocenters. The average Bonchev–Trinajstić information content (AvgIpc) is 2.45. The Morgan fingerprint density at radius 2 is 1.55 bits per heavy atom. The van der Waals surface area contributed by atoms with Crippen molar-refractivity contribution >= 4 is 32.9 Å². The first kappa shape index (κ1) is 12.0. The molecule has 0 bridgehead atoms. The van der Waals surface area contributed by atoms with Gasteiger partial charge in [0.2, 0.25) is 0 Å². The SMILES string of the molecule is O=[N+]([O-])c1ccc2c(ccc3cccc([N+](=O)[O-])c32)c1. The van der Waals surface area contributed by atoms with Crippen molar-refractivity contribution < 1.29 is 9.85 Å². The third kappa shape index (κ3) is 1.74. The second kappa shape index (κ2) is 4.27. The molecule has 0 spiro atoms. The van der Waals surface area contributed by atoms with E-state index in [1.54, 1.807) is 30.3 Å². The lowest BCUT2D eigenvalue weighted by Crippen LogP contribution is -1.91. The van der Waals surface area contributed by atoms with Gasteiger partial charge in [-0.3, -0.25) is 20.2 Å². The first-order valence-corrected chi connectivity index (χ1v) is 5.82. The van der Waals surface area contributed by atoms with E-state index in [-0.39, 0.29) is 11.4 Å².